The summed E-state index contributed by atoms with van der Waals surface area (Å²) in [6.45, 7) is 2.06. The summed E-state index contributed by atoms with van der Waals surface area (Å²) < 4.78 is 0. The van der Waals surface area contributed by atoms with Crippen LogP contribution in [0.25, 0.3) is 0 Å². The molecule has 1 fully saturated rings. The van der Waals surface area contributed by atoms with E-state index in [4.69, 9.17) is 10.8 Å². The van der Waals surface area contributed by atoms with Crippen molar-refractivity contribution in [3.63, 3.8) is 0 Å². The lowest BCUT2D eigenvalue weighted by atomic mass is 9.80. The van der Waals surface area contributed by atoms with Gasteiger partial charge in [-0.25, -0.2) is 0 Å². The number of carbonyl (C=O) groups is 1. The fourth-order valence-corrected chi connectivity index (χ4v) is 2.13. The lowest BCUT2D eigenvalue weighted by molar-refractivity contribution is -0.137. The Labute approximate surface area is 92.0 Å². The van der Waals surface area contributed by atoms with Gasteiger partial charge in [-0.1, -0.05) is 39.0 Å². The smallest absolute Gasteiger partial charge is 0.304 e. The van der Waals surface area contributed by atoms with E-state index in [1.165, 1.54) is 32.1 Å². The Morgan fingerprint density at radius 2 is 2.20 bits per heavy atom. The summed E-state index contributed by atoms with van der Waals surface area (Å²) in [5.41, 5.74) is 5.80. The maximum Gasteiger partial charge on any atom is 0.304 e. The Hall–Kier alpha value is -0.570. The molecule has 0 radical (unpaired) electrons. The predicted molar refractivity (Wildman–Crippen MR) is 60.6 cm³/mol. The Morgan fingerprint density at radius 3 is 2.67 bits per heavy atom. The minimum atomic E-state index is -0.784. The number of hydrogen-bond acceptors (Lipinski definition) is 2. The Morgan fingerprint density at radius 1 is 1.53 bits per heavy atom. The van der Waals surface area contributed by atoms with Gasteiger partial charge in [-0.2, -0.15) is 0 Å². The van der Waals surface area contributed by atoms with E-state index in [1.807, 2.05) is 0 Å². The first-order valence-electron chi connectivity index (χ1n) is 6.07. The van der Waals surface area contributed by atoms with Crippen molar-refractivity contribution in [1.29, 1.82) is 0 Å². The van der Waals surface area contributed by atoms with Crippen molar-refractivity contribution in [3.8, 4) is 0 Å². The van der Waals surface area contributed by atoms with Gasteiger partial charge in [0.05, 0.1) is 6.42 Å². The van der Waals surface area contributed by atoms with Gasteiger partial charge in [0.1, 0.15) is 0 Å². The van der Waals surface area contributed by atoms with Crippen LogP contribution in [0.1, 0.15) is 51.9 Å². The molecule has 3 heteroatoms. The molecule has 0 heterocycles. The molecule has 15 heavy (non-hydrogen) atoms. The highest BCUT2D eigenvalue weighted by atomic mass is 16.4. The molecule has 88 valence electrons. The monoisotopic (exact) mass is 213 g/mol. The number of rotatable bonds is 7. The molecule has 0 aromatic rings. The Kier molecular flexibility index (Phi) is 5.09. The molecule has 2 atom stereocenters. The lowest BCUT2D eigenvalue weighted by Crippen LogP contribution is -2.31. The highest BCUT2D eigenvalue weighted by Gasteiger charge is 2.19. The molecule has 1 aliphatic carbocycles. The first kappa shape index (κ1) is 12.5. The van der Waals surface area contributed by atoms with Crippen LogP contribution >= 0.6 is 0 Å². The van der Waals surface area contributed by atoms with E-state index in [9.17, 15) is 4.79 Å². The van der Waals surface area contributed by atoms with Crippen molar-refractivity contribution < 1.29 is 9.90 Å². The van der Waals surface area contributed by atoms with E-state index in [-0.39, 0.29) is 12.5 Å². The van der Waals surface area contributed by atoms with Gasteiger partial charge < -0.3 is 10.8 Å². The zero-order chi connectivity index (χ0) is 11.3. The number of carboxylic acid groups (broad SMARTS) is 1. The molecule has 0 bridgehead atoms. The summed E-state index contributed by atoms with van der Waals surface area (Å²) in [7, 11) is 0. The lowest BCUT2D eigenvalue weighted by Gasteiger charge is -2.26. The van der Waals surface area contributed by atoms with Gasteiger partial charge in [0, 0.05) is 6.04 Å². The number of aliphatic carboxylic acids is 1. The fraction of sp³-hybridized carbons (Fsp3) is 0.917. The fourth-order valence-electron chi connectivity index (χ4n) is 2.13. The van der Waals surface area contributed by atoms with E-state index in [1.54, 1.807) is 0 Å². The van der Waals surface area contributed by atoms with Crippen molar-refractivity contribution in [1.82, 2.24) is 0 Å². The molecule has 1 aliphatic rings. The highest BCUT2D eigenvalue weighted by molar-refractivity contribution is 5.67. The predicted octanol–water partition coefficient (Wildman–Crippen LogP) is 2.39. The van der Waals surface area contributed by atoms with Gasteiger partial charge in [-0.15, -0.1) is 0 Å². The quantitative estimate of drug-likeness (QED) is 0.682. The van der Waals surface area contributed by atoms with Crippen LogP contribution in [0.5, 0.6) is 0 Å². The second-order valence-electron chi connectivity index (χ2n) is 4.97. The van der Waals surface area contributed by atoms with Crippen LogP contribution in [-0.2, 0) is 4.79 Å². The third-order valence-corrected chi connectivity index (χ3v) is 3.64. The topological polar surface area (TPSA) is 63.3 Å². The average molecular weight is 213 g/mol. The van der Waals surface area contributed by atoms with E-state index >= 15 is 0 Å². The van der Waals surface area contributed by atoms with E-state index in [0.29, 0.717) is 5.92 Å². The van der Waals surface area contributed by atoms with E-state index in [2.05, 4.69) is 6.92 Å². The summed E-state index contributed by atoms with van der Waals surface area (Å²) in [6, 6.07) is -0.177. The van der Waals surface area contributed by atoms with Crippen LogP contribution in [0.3, 0.4) is 0 Å². The SMILES string of the molecule is CC(CCCC1CCC1)C(N)CC(=O)O. The highest BCUT2D eigenvalue weighted by Crippen LogP contribution is 2.31. The van der Waals surface area contributed by atoms with Crippen LogP contribution in [-0.4, -0.2) is 17.1 Å². The summed E-state index contributed by atoms with van der Waals surface area (Å²) in [5, 5.41) is 8.61. The van der Waals surface area contributed by atoms with Gasteiger partial charge in [0.15, 0.2) is 0 Å². The van der Waals surface area contributed by atoms with Crippen molar-refractivity contribution >= 4 is 5.97 Å². The summed E-state index contributed by atoms with van der Waals surface area (Å²) >= 11 is 0. The summed E-state index contributed by atoms with van der Waals surface area (Å²) in [4.78, 5) is 10.5. The van der Waals surface area contributed by atoms with Crippen LogP contribution in [0.4, 0.5) is 0 Å². The molecular formula is C12H23NO2. The molecule has 1 rings (SSSR count). The summed E-state index contributed by atoms with van der Waals surface area (Å²) in [6.07, 6.45) is 7.89. The third-order valence-electron chi connectivity index (χ3n) is 3.64. The molecule has 0 amide bonds. The average Bonchev–Trinajstić information content (AvgIpc) is 2.07. The summed E-state index contributed by atoms with van der Waals surface area (Å²) in [5.74, 6) is 0.502. The molecule has 0 saturated heterocycles. The minimum absolute atomic E-state index is 0.102. The van der Waals surface area contributed by atoms with Crippen LogP contribution in [0.2, 0.25) is 0 Å². The second-order valence-corrected chi connectivity index (χ2v) is 4.97. The molecule has 0 aromatic heterocycles. The van der Waals surface area contributed by atoms with Crippen molar-refractivity contribution in [2.24, 2.45) is 17.6 Å². The zero-order valence-electron chi connectivity index (χ0n) is 9.61. The Balaban J connectivity index is 2.05. The number of hydrogen-bond donors (Lipinski definition) is 2. The van der Waals surface area contributed by atoms with Gasteiger partial charge in [0.2, 0.25) is 0 Å². The normalized spacial score (nSPS) is 20.7. The maximum atomic E-state index is 10.5. The van der Waals surface area contributed by atoms with Gasteiger partial charge in [-0.05, 0) is 18.3 Å². The molecule has 2 unspecified atom stereocenters. The van der Waals surface area contributed by atoms with Crippen LogP contribution in [0, 0.1) is 11.8 Å². The Bertz CT molecular complexity index is 202. The zero-order valence-corrected chi connectivity index (χ0v) is 9.61. The maximum absolute atomic E-state index is 10.5. The minimum Gasteiger partial charge on any atom is -0.481 e. The molecule has 0 spiro atoms. The van der Waals surface area contributed by atoms with E-state index in [0.717, 1.165) is 12.3 Å². The molecule has 3 nitrogen and oxygen atoms in total. The van der Waals surface area contributed by atoms with Crippen molar-refractivity contribution in [2.75, 3.05) is 0 Å². The second kappa shape index (κ2) is 6.11. The van der Waals surface area contributed by atoms with E-state index < -0.39 is 5.97 Å². The van der Waals surface area contributed by atoms with Crippen LogP contribution in [0.15, 0.2) is 0 Å². The van der Waals surface area contributed by atoms with Crippen molar-refractivity contribution in [2.45, 2.75) is 57.9 Å². The standard InChI is InChI=1S/C12H23NO2/c1-9(11(13)8-12(14)15)4-2-5-10-6-3-7-10/h9-11H,2-8,13H2,1H3,(H,14,15). The molecule has 0 aromatic carbocycles. The van der Waals surface area contributed by atoms with Gasteiger partial charge in [0.25, 0.3) is 0 Å². The first-order valence-corrected chi connectivity index (χ1v) is 6.07. The largest absolute Gasteiger partial charge is 0.481 e. The molecule has 1 saturated carbocycles. The third kappa shape index (κ3) is 4.65. The first-order chi connectivity index (χ1) is 7.09. The van der Waals surface area contributed by atoms with Gasteiger partial charge >= 0.3 is 5.97 Å². The van der Waals surface area contributed by atoms with Crippen molar-refractivity contribution in [3.05, 3.63) is 0 Å². The van der Waals surface area contributed by atoms with Gasteiger partial charge in [-0.3, -0.25) is 4.79 Å². The molecular weight excluding hydrogens is 190 g/mol. The molecule has 3 N–H and O–H groups in total. The number of carboxylic acids is 1. The van der Waals surface area contributed by atoms with Crippen LogP contribution < -0.4 is 5.73 Å². The molecule has 0 aliphatic heterocycles. The number of nitrogens with two attached hydrogens (primary N) is 1.